The second-order valence-corrected chi connectivity index (χ2v) is 4.83. The maximum atomic E-state index is 12.2. The first-order valence-electron chi connectivity index (χ1n) is 6.65. The number of carbonyl (C=O) groups excluding carboxylic acids is 1. The number of rotatable bonds is 3. The molecule has 0 aliphatic carbocycles. The molecule has 1 aromatic carbocycles. The van der Waals surface area contributed by atoms with Crippen LogP contribution in [0.3, 0.4) is 0 Å². The van der Waals surface area contributed by atoms with Gasteiger partial charge in [0.2, 0.25) is 0 Å². The third-order valence-electron chi connectivity index (χ3n) is 3.18. The minimum Gasteiger partial charge on any atom is -0.454 e. The first kappa shape index (κ1) is 13.3. The Labute approximate surface area is 121 Å². The van der Waals surface area contributed by atoms with E-state index in [-0.39, 0.29) is 17.7 Å². The number of hydrogen-bond donors (Lipinski definition) is 2. The Bertz CT molecular complexity index is 788. The molecule has 0 aliphatic rings. The molecule has 0 saturated carbocycles. The van der Waals surface area contributed by atoms with Crippen LogP contribution in [-0.4, -0.2) is 10.9 Å². The van der Waals surface area contributed by atoms with E-state index >= 15 is 0 Å². The van der Waals surface area contributed by atoms with Crippen LogP contribution in [0.4, 0.5) is 5.69 Å². The van der Waals surface area contributed by atoms with Gasteiger partial charge in [0.05, 0.1) is 17.2 Å². The molecule has 0 aliphatic heterocycles. The molecule has 1 amide bonds. The summed E-state index contributed by atoms with van der Waals surface area (Å²) in [7, 11) is 0. The van der Waals surface area contributed by atoms with Crippen LogP contribution in [0.5, 0.6) is 0 Å². The third kappa shape index (κ3) is 2.64. The van der Waals surface area contributed by atoms with Crippen molar-refractivity contribution in [2.45, 2.75) is 13.0 Å². The number of nitrogens with two attached hydrogens (primary N) is 1. The van der Waals surface area contributed by atoms with Gasteiger partial charge >= 0.3 is 0 Å². The van der Waals surface area contributed by atoms with Crippen LogP contribution < -0.4 is 11.1 Å². The smallest absolute Gasteiger partial charge is 0.291 e. The number of furan rings is 1. The molecule has 0 fully saturated rings. The molecular weight excluding hydrogens is 266 g/mol. The maximum absolute atomic E-state index is 12.2. The number of nitrogens with zero attached hydrogens (tertiary/aromatic N) is 1. The summed E-state index contributed by atoms with van der Waals surface area (Å²) >= 11 is 0. The highest BCUT2D eigenvalue weighted by atomic mass is 16.4. The van der Waals surface area contributed by atoms with E-state index in [0.29, 0.717) is 11.4 Å². The molecule has 2 heterocycles. The molecular formula is C16H15N3O2. The van der Waals surface area contributed by atoms with Crippen LogP contribution in [-0.2, 0) is 0 Å². The first-order chi connectivity index (χ1) is 10.1. The summed E-state index contributed by atoms with van der Waals surface area (Å²) in [5, 5.41) is 3.78. The monoisotopic (exact) mass is 281 g/mol. The van der Waals surface area contributed by atoms with E-state index in [1.54, 1.807) is 25.3 Å². The molecule has 3 aromatic rings. The van der Waals surface area contributed by atoms with Crippen molar-refractivity contribution in [3.05, 3.63) is 60.2 Å². The van der Waals surface area contributed by atoms with Gasteiger partial charge in [0, 0.05) is 11.6 Å². The summed E-state index contributed by atoms with van der Waals surface area (Å²) in [6.07, 6.45) is 1.69. The largest absolute Gasteiger partial charge is 0.454 e. The van der Waals surface area contributed by atoms with Crippen molar-refractivity contribution < 1.29 is 9.21 Å². The Hall–Kier alpha value is -2.66. The van der Waals surface area contributed by atoms with E-state index in [2.05, 4.69) is 10.3 Å². The van der Waals surface area contributed by atoms with Crippen molar-refractivity contribution in [2.24, 2.45) is 5.73 Å². The fourth-order valence-corrected chi connectivity index (χ4v) is 2.11. The number of anilines is 1. The topological polar surface area (TPSA) is 81.2 Å². The number of aromatic nitrogens is 1. The molecule has 0 bridgehead atoms. The van der Waals surface area contributed by atoms with Gasteiger partial charge in [-0.25, -0.2) is 0 Å². The lowest BCUT2D eigenvalue weighted by molar-refractivity contribution is 0.0994. The minimum atomic E-state index is -0.319. The van der Waals surface area contributed by atoms with E-state index < -0.39 is 0 Å². The number of para-hydroxylation sites is 1. The molecule has 106 valence electrons. The molecule has 1 unspecified atom stereocenters. The number of hydrogen-bond acceptors (Lipinski definition) is 4. The molecule has 0 saturated heterocycles. The molecule has 0 radical (unpaired) electrons. The summed E-state index contributed by atoms with van der Waals surface area (Å²) in [5.41, 5.74) is 7.11. The molecule has 21 heavy (non-hydrogen) atoms. The predicted octanol–water partition coefficient (Wildman–Crippen LogP) is 3.10. The average molecular weight is 281 g/mol. The highest BCUT2D eigenvalue weighted by Crippen LogP contribution is 2.22. The normalized spacial score (nSPS) is 12.3. The number of amides is 1. The van der Waals surface area contributed by atoms with Crippen molar-refractivity contribution in [3.8, 4) is 0 Å². The average Bonchev–Trinajstić information content (AvgIpc) is 2.98. The van der Waals surface area contributed by atoms with Crippen LogP contribution in [0.1, 0.15) is 29.3 Å². The third-order valence-corrected chi connectivity index (χ3v) is 3.18. The minimum absolute atomic E-state index is 0.232. The van der Waals surface area contributed by atoms with E-state index in [1.165, 1.54) is 0 Å². The van der Waals surface area contributed by atoms with Gasteiger partial charge in [-0.2, -0.15) is 0 Å². The lowest BCUT2D eigenvalue weighted by Crippen LogP contribution is -2.11. The van der Waals surface area contributed by atoms with E-state index in [9.17, 15) is 4.79 Å². The molecule has 3 N–H and O–H groups in total. The van der Waals surface area contributed by atoms with Crippen LogP contribution in [0.2, 0.25) is 0 Å². The molecule has 2 aromatic heterocycles. The Kier molecular flexibility index (Phi) is 3.41. The van der Waals surface area contributed by atoms with Gasteiger partial charge in [-0.3, -0.25) is 9.78 Å². The summed E-state index contributed by atoms with van der Waals surface area (Å²) in [5.74, 6) is 0.492. The quantitative estimate of drug-likeness (QED) is 0.773. The lowest BCUT2D eigenvalue weighted by Gasteiger charge is -2.06. The second-order valence-electron chi connectivity index (χ2n) is 4.83. The lowest BCUT2D eigenvalue weighted by atomic mass is 10.2. The highest BCUT2D eigenvalue weighted by molar-refractivity contribution is 6.06. The zero-order valence-corrected chi connectivity index (χ0v) is 11.5. The van der Waals surface area contributed by atoms with Gasteiger partial charge in [-0.1, -0.05) is 18.2 Å². The zero-order valence-electron chi connectivity index (χ0n) is 11.5. The number of fused-ring (bicyclic) bond motifs is 1. The predicted molar refractivity (Wildman–Crippen MR) is 81.0 cm³/mol. The van der Waals surface area contributed by atoms with Gasteiger partial charge < -0.3 is 15.5 Å². The van der Waals surface area contributed by atoms with Crippen LogP contribution >= 0.6 is 0 Å². The van der Waals surface area contributed by atoms with Gasteiger partial charge in [0.1, 0.15) is 5.76 Å². The van der Waals surface area contributed by atoms with Crippen molar-refractivity contribution in [1.29, 1.82) is 0 Å². The van der Waals surface area contributed by atoms with Gasteiger partial charge in [-0.05, 0) is 31.2 Å². The molecule has 0 spiro atoms. The molecule has 5 nitrogen and oxygen atoms in total. The summed E-state index contributed by atoms with van der Waals surface area (Å²) in [4.78, 5) is 16.5. The van der Waals surface area contributed by atoms with Crippen molar-refractivity contribution >= 4 is 22.5 Å². The molecule has 1 atom stereocenters. The van der Waals surface area contributed by atoms with E-state index in [1.807, 2.05) is 30.3 Å². The van der Waals surface area contributed by atoms with E-state index in [0.717, 1.165) is 10.9 Å². The van der Waals surface area contributed by atoms with Crippen LogP contribution in [0.15, 0.2) is 53.1 Å². The Morgan fingerprint density at radius 2 is 2.05 bits per heavy atom. The highest BCUT2D eigenvalue weighted by Gasteiger charge is 2.14. The molecule has 5 heteroatoms. The number of carbonyl (C=O) groups is 1. The zero-order chi connectivity index (χ0) is 14.8. The first-order valence-corrected chi connectivity index (χ1v) is 6.65. The standard InChI is InChI=1S/C16H15N3O2/c1-10(17)13-7-8-14(21-13)16(20)19-12-6-2-4-11-5-3-9-18-15(11)12/h2-10H,17H2,1H3,(H,19,20). The van der Waals surface area contributed by atoms with Crippen molar-refractivity contribution in [2.75, 3.05) is 5.32 Å². The fraction of sp³-hybridized carbons (Fsp3) is 0.125. The second kappa shape index (κ2) is 5.38. The van der Waals surface area contributed by atoms with Crippen LogP contribution in [0.25, 0.3) is 10.9 Å². The van der Waals surface area contributed by atoms with E-state index in [4.69, 9.17) is 10.2 Å². The van der Waals surface area contributed by atoms with Gasteiger partial charge in [0.25, 0.3) is 5.91 Å². The number of nitrogens with one attached hydrogen (secondary N) is 1. The summed E-state index contributed by atoms with van der Waals surface area (Å²) in [6, 6.07) is 12.5. The van der Waals surface area contributed by atoms with Crippen LogP contribution in [0, 0.1) is 0 Å². The Morgan fingerprint density at radius 1 is 1.24 bits per heavy atom. The number of pyridine rings is 1. The SMILES string of the molecule is CC(N)c1ccc(C(=O)Nc2cccc3cccnc23)o1. The summed E-state index contributed by atoms with van der Waals surface area (Å²) in [6.45, 7) is 1.80. The van der Waals surface area contributed by atoms with Crippen molar-refractivity contribution in [1.82, 2.24) is 4.98 Å². The number of benzene rings is 1. The fourth-order valence-electron chi connectivity index (χ4n) is 2.11. The van der Waals surface area contributed by atoms with Crippen molar-refractivity contribution in [3.63, 3.8) is 0 Å². The van der Waals surface area contributed by atoms with Gasteiger partial charge in [0.15, 0.2) is 5.76 Å². The Balaban J connectivity index is 1.89. The Morgan fingerprint density at radius 3 is 2.81 bits per heavy atom. The molecule has 3 rings (SSSR count). The summed E-state index contributed by atoms with van der Waals surface area (Å²) < 4.78 is 5.43. The maximum Gasteiger partial charge on any atom is 0.291 e. The van der Waals surface area contributed by atoms with Gasteiger partial charge in [-0.15, -0.1) is 0 Å².